The molecule has 1 aliphatic heterocycles. The van der Waals surface area contributed by atoms with Crippen LogP contribution in [0.2, 0.25) is 0 Å². The van der Waals surface area contributed by atoms with Gasteiger partial charge in [-0.1, -0.05) is 17.3 Å². The Morgan fingerprint density at radius 2 is 2.36 bits per heavy atom. The van der Waals surface area contributed by atoms with Crippen LogP contribution in [0.15, 0.2) is 28.8 Å². The fourth-order valence-electron chi connectivity index (χ4n) is 3.24. The fraction of sp³-hybridized carbons (Fsp3) is 0.500. The first kappa shape index (κ1) is 17.6. The number of likely N-dealkylation sites (tertiary alicyclic amines) is 1. The third-order valence-electron chi connectivity index (χ3n) is 4.51. The molecule has 0 unspecified atom stereocenters. The summed E-state index contributed by atoms with van der Waals surface area (Å²) in [6, 6.07) is 7.24. The van der Waals surface area contributed by atoms with Crippen molar-refractivity contribution in [3.8, 4) is 0 Å². The number of aromatic nitrogens is 2. The van der Waals surface area contributed by atoms with E-state index in [-0.39, 0.29) is 0 Å². The predicted molar refractivity (Wildman–Crippen MR) is 90.5 cm³/mol. The molecule has 1 aromatic heterocycles. The molecule has 0 saturated carbocycles. The number of carboxylic acids is 1. The molecule has 0 amide bonds. The minimum Gasteiger partial charge on any atom is -0.478 e. The molecule has 0 spiro atoms. The van der Waals surface area contributed by atoms with Gasteiger partial charge in [-0.3, -0.25) is 4.90 Å². The minimum atomic E-state index is -0.885. The van der Waals surface area contributed by atoms with Gasteiger partial charge in [-0.05, 0) is 43.0 Å². The third-order valence-corrected chi connectivity index (χ3v) is 4.51. The summed E-state index contributed by atoms with van der Waals surface area (Å²) in [5, 5.41) is 13.1. The number of aromatic carboxylic acids is 1. The molecule has 0 bridgehead atoms. The highest BCUT2D eigenvalue weighted by Crippen LogP contribution is 2.28. The van der Waals surface area contributed by atoms with E-state index in [0.29, 0.717) is 42.8 Å². The zero-order chi connectivity index (χ0) is 17.6. The van der Waals surface area contributed by atoms with Crippen molar-refractivity contribution in [2.45, 2.75) is 31.7 Å². The van der Waals surface area contributed by atoms with E-state index in [4.69, 9.17) is 9.26 Å². The van der Waals surface area contributed by atoms with Crippen LogP contribution in [0, 0.1) is 0 Å². The monoisotopic (exact) mass is 345 g/mol. The van der Waals surface area contributed by atoms with E-state index in [1.54, 1.807) is 19.2 Å². The number of piperidine rings is 1. The van der Waals surface area contributed by atoms with Crippen LogP contribution in [0.5, 0.6) is 0 Å². The maximum Gasteiger partial charge on any atom is 0.335 e. The highest BCUT2D eigenvalue weighted by Gasteiger charge is 2.23. The van der Waals surface area contributed by atoms with Crippen LogP contribution in [-0.2, 0) is 17.7 Å². The van der Waals surface area contributed by atoms with Crippen LogP contribution in [0.3, 0.4) is 0 Å². The zero-order valence-electron chi connectivity index (χ0n) is 14.4. The molecule has 1 aliphatic rings. The Bertz CT molecular complexity index is 716. The van der Waals surface area contributed by atoms with E-state index in [1.165, 1.54) is 0 Å². The van der Waals surface area contributed by atoms with Crippen molar-refractivity contribution in [2.75, 3.05) is 26.8 Å². The molecule has 7 heteroatoms. The summed E-state index contributed by atoms with van der Waals surface area (Å²) in [6.45, 7) is 3.03. The Balaban J connectivity index is 1.62. The Morgan fingerprint density at radius 3 is 3.16 bits per heavy atom. The van der Waals surface area contributed by atoms with Crippen molar-refractivity contribution in [1.29, 1.82) is 0 Å². The van der Waals surface area contributed by atoms with E-state index in [0.717, 1.165) is 31.5 Å². The maximum absolute atomic E-state index is 11.2. The van der Waals surface area contributed by atoms with Crippen molar-refractivity contribution < 1.29 is 19.2 Å². The Hall–Kier alpha value is -2.25. The lowest BCUT2D eigenvalue weighted by molar-refractivity contribution is 0.0696. The van der Waals surface area contributed by atoms with E-state index in [1.807, 2.05) is 12.1 Å². The number of benzene rings is 1. The molecule has 1 atom stereocenters. The molecule has 2 heterocycles. The first-order valence-corrected chi connectivity index (χ1v) is 8.51. The summed E-state index contributed by atoms with van der Waals surface area (Å²) in [4.78, 5) is 17.9. The summed E-state index contributed by atoms with van der Waals surface area (Å²) in [7, 11) is 1.65. The molecule has 134 valence electrons. The average molecular weight is 345 g/mol. The smallest absolute Gasteiger partial charge is 0.335 e. The summed E-state index contributed by atoms with van der Waals surface area (Å²) in [5.41, 5.74) is 1.42. The molecule has 1 aromatic carbocycles. The lowest BCUT2D eigenvalue weighted by atomic mass is 9.89. The lowest BCUT2D eigenvalue weighted by Crippen LogP contribution is -2.34. The summed E-state index contributed by atoms with van der Waals surface area (Å²) < 4.78 is 10.3. The molecule has 1 saturated heterocycles. The van der Waals surface area contributed by atoms with Gasteiger partial charge in [-0.25, -0.2) is 4.79 Å². The molecule has 1 N–H and O–H groups in total. The Kier molecular flexibility index (Phi) is 5.78. The second-order valence-corrected chi connectivity index (χ2v) is 6.35. The Morgan fingerprint density at radius 1 is 1.48 bits per heavy atom. The van der Waals surface area contributed by atoms with Gasteiger partial charge in [-0.2, -0.15) is 4.98 Å². The first-order valence-electron chi connectivity index (χ1n) is 8.51. The van der Waals surface area contributed by atoms with Gasteiger partial charge in [0.25, 0.3) is 0 Å². The number of carbonyl (C=O) groups is 1. The quantitative estimate of drug-likeness (QED) is 0.824. The molecule has 0 radical (unpaired) electrons. The van der Waals surface area contributed by atoms with E-state index >= 15 is 0 Å². The van der Waals surface area contributed by atoms with Crippen LogP contribution in [0.25, 0.3) is 0 Å². The van der Waals surface area contributed by atoms with E-state index in [2.05, 4.69) is 15.0 Å². The van der Waals surface area contributed by atoms with Crippen LogP contribution >= 0.6 is 0 Å². The van der Waals surface area contributed by atoms with Crippen LogP contribution in [0.1, 0.15) is 46.4 Å². The van der Waals surface area contributed by atoms with Gasteiger partial charge >= 0.3 is 5.97 Å². The van der Waals surface area contributed by atoms with Crippen molar-refractivity contribution >= 4 is 5.97 Å². The first-order chi connectivity index (χ1) is 12.2. The molecule has 0 aliphatic carbocycles. The topological polar surface area (TPSA) is 88.7 Å². The second-order valence-electron chi connectivity index (χ2n) is 6.35. The van der Waals surface area contributed by atoms with Gasteiger partial charge < -0.3 is 14.4 Å². The summed E-state index contributed by atoms with van der Waals surface area (Å²) in [6.07, 6.45) is 2.76. The molecule has 25 heavy (non-hydrogen) atoms. The number of ether oxygens (including phenoxy) is 1. The van der Waals surface area contributed by atoms with Crippen LogP contribution in [-0.4, -0.2) is 52.9 Å². The van der Waals surface area contributed by atoms with Gasteiger partial charge in [0.05, 0.1) is 18.7 Å². The van der Waals surface area contributed by atoms with Crippen LogP contribution < -0.4 is 0 Å². The normalized spacial score (nSPS) is 18.4. The minimum absolute atomic E-state index is 0.323. The standard InChI is InChI=1S/C18H23N3O4/c1-24-9-7-16-19-17(25-20-16)12-21-8-3-6-15(11-21)13-4-2-5-14(10-13)18(22)23/h2,4-5,10,15H,3,6-9,11-12H2,1H3,(H,22,23)/t15-/m1/s1. The third kappa shape index (κ3) is 4.64. The average Bonchev–Trinajstić information content (AvgIpc) is 3.07. The molecule has 7 nitrogen and oxygen atoms in total. The lowest BCUT2D eigenvalue weighted by Gasteiger charge is -2.32. The fourth-order valence-corrected chi connectivity index (χ4v) is 3.24. The maximum atomic E-state index is 11.2. The number of carboxylic acid groups (broad SMARTS) is 1. The van der Waals surface area contributed by atoms with Gasteiger partial charge in [0, 0.05) is 20.1 Å². The summed E-state index contributed by atoms with van der Waals surface area (Å²) >= 11 is 0. The number of methoxy groups -OCH3 is 1. The zero-order valence-corrected chi connectivity index (χ0v) is 14.4. The van der Waals surface area contributed by atoms with E-state index in [9.17, 15) is 9.90 Å². The largest absolute Gasteiger partial charge is 0.478 e. The number of nitrogens with zero attached hydrogens (tertiary/aromatic N) is 3. The van der Waals surface area contributed by atoms with Gasteiger partial charge in [0.15, 0.2) is 5.82 Å². The predicted octanol–water partition coefficient (Wildman–Crippen LogP) is 2.34. The van der Waals surface area contributed by atoms with Crippen LogP contribution in [0.4, 0.5) is 0 Å². The SMILES string of the molecule is COCCc1noc(CN2CCC[C@@H](c3cccc(C(=O)O)c3)C2)n1. The van der Waals surface area contributed by atoms with Gasteiger partial charge in [0.1, 0.15) is 0 Å². The molecular formula is C18H23N3O4. The Labute approximate surface area is 146 Å². The van der Waals surface area contributed by atoms with E-state index < -0.39 is 5.97 Å². The van der Waals surface area contributed by atoms with Gasteiger partial charge in [0.2, 0.25) is 5.89 Å². The van der Waals surface area contributed by atoms with Gasteiger partial charge in [-0.15, -0.1) is 0 Å². The number of hydrogen-bond donors (Lipinski definition) is 1. The summed E-state index contributed by atoms with van der Waals surface area (Å²) in [5.74, 6) is 0.721. The molecule has 1 fully saturated rings. The molecule has 2 aromatic rings. The van der Waals surface area contributed by atoms with Crippen molar-refractivity contribution in [1.82, 2.24) is 15.0 Å². The van der Waals surface area contributed by atoms with Crippen molar-refractivity contribution in [2.24, 2.45) is 0 Å². The van der Waals surface area contributed by atoms with Crippen molar-refractivity contribution in [3.63, 3.8) is 0 Å². The highest BCUT2D eigenvalue weighted by molar-refractivity contribution is 5.87. The number of rotatable bonds is 7. The van der Waals surface area contributed by atoms with Crippen molar-refractivity contribution in [3.05, 3.63) is 47.1 Å². The second kappa shape index (κ2) is 8.22. The number of hydrogen-bond acceptors (Lipinski definition) is 6. The molecular weight excluding hydrogens is 322 g/mol. The molecule has 3 rings (SSSR count). The highest BCUT2D eigenvalue weighted by atomic mass is 16.5.